The zero-order valence-corrected chi connectivity index (χ0v) is 15.6. The highest BCUT2D eigenvalue weighted by molar-refractivity contribution is 6.35. The first-order valence-corrected chi connectivity index (χ1v) is 8.60. The largest absolute Gasteiger partial charge is 0.497 e. The van der Waals surface area contributed by atoms with Gasteiger partial charge < -0.3 is 14.6 Å². The van der Waals surface area contributed by atoms with Gasteiger partial charge in [-0.15, -0.1) is 0 Å². The van der Waals surface area contributed by atoms with Gasteiger partial charge in [-0.3, -0.25) is 0 Å². The third-order valence-electron chi connectivity index (χ3n) is 4.20. The molecular weight excluding hydrogens is 347 g/mol. The number of ether oxygens (including phenoxy) is 2. The fourth-order valence-electron chi connectivity index (χ4n) is 2.84. The molecule has 2 unspecified atom stereocenters. The van der Waals surface area contributed by atoms with Crippen molar-refractivity contribution >= 4 is 23.2 Å². The van der Waals surface area contributed by atoms with Crippen molar-refractivity contribution in [3.8, 4) is 11.5 Å². The molecule has 0 radical (unpaired) electrons. The van der Waals surface area contributed by atoms with E-state index >= 15 is 0 Å². The molecule has 2 rings (SSSR count). The van der Waals surface area contributed by atoms with E-state index in [2.05, 4.69) is 6.92 Å². The van der Waals surface area contributed by atoms with E-state index in [0.29, 0.717) is 22.0 Å². The van der Waals surface area contributed by atoms with E-state index in [1.807, 2.05) is 18.2 Å². The molecule has 0 heterocycles. The lowest BCUT2D eigenvalue weighted by Gasteiger charge is -2.22. The third kappa shape index (κ3) is 4.35. The predicted octanol–water partition coefficient (Wildman–Crippen LogP) is 5.63. The van der Waals surface area contributed by atoms with Crippen molar-refractivity contribution in [2.24, 2.45) is 0 Å². The Labute approximate surface area is 153 Å². The summed E-state index contributed by atoms with van der Waals surface area (Å²) in [6, 6.07) is 10.9. The van der Waals surface area contributed by atoms with Gasteiger partial charge >= 0.3 is 0 Å². The lowest BCUT2D eigenvalue weighted by Crippen LogP contribution is -2.08. The van der Waals surface area contributed by atoms with Gasteiger partial charge in [0.25, 0.3) is 0 Å². The summed E-state index contributed by atoms with van der Waals surface area (Å²) in [7, 11) is 3.26. The molecule has 2 aromatic carbocycles. The first-order chi connectivity index (χ1) is 11.5. The number of halogens is 2. The summed E-state index contributed by atoms with van der Waals surface area (Å²) in [4.78, 5) is 0. The van der Waals surface area contributed by atoms with Crippen LogP contribution in [0.25, 0.3) is 0 Å². The Balaban J connectivity index is 2.25. The summed E-state index contributed by atoms with van der Waals surface area (Å²) in [5, 5.41) is 11.7. The molecular formula is C19H22Cl2O3. The highest BCUT2D eigenvalue weighted by Gasteiger charge is 2.21. The van der Waals surface area contributed by atoms with Gasteiger partial charge in [-0.05, 0) is 48.1 Å². The minimum atomic E-state index is -0.675. The van der Waals surface area contributed by atoms with Crippen LogP contribution >= 0.6 is 23.2 Å². The van der Waals surface area contributed by atoms with Gasteiger partial charge in [-0.2, -0.15) is 0 Å². The van der Waals surface area contributed by atoms with Crippen molar-refractivity contribution in [3.05, 3.63) is 57.6 Å². The molecule has 0 aliphatic heterocycles. The topological polar surface area (TPSA) is 38.7 Å². The van der Waals surface area contributed by atoms with Crippen LogP contribution in [0.3, 0.4) is 0 Å². The molecule has 2 atom stereocenters. The number of aliphatic hydroxyl groups is 1. The van der Waals surface area contributed by atoms with Crippen LogP contribution in [0.15, 0.2) is 36.4 Å². The van der Waals surface area contributed by atoms with Crippen LogP contribution in [0.4, 0.5) is 0 Å². The Hall–Kier alpha value is -1.42. The average Bonchev–Trinajstić information content (AvgIpc) is 2.58. The van der Waals surface area contributed by atoms with E-state index in [1.54, 1.807) is 32.4 Å². The highest BCUT2D eigenvalue weighted by atomic mass is 35.5. The summed E-state index contributed by atoms with van der Waals surface area (Å²) >= 11 is 12.1. The minimum absolute atomic E-state index is 0.132. The molecule has 0 aromatic heterocycles. The second-order valence-corrected chi connectivity index (χ2v) is 6.47. The maximum absolute atomic E-state index is 10.6. The molecule has 0 aliphatic rings. The molecule has 3 nitrogen and oxygen atoms in total. The van der Waals surface area contributed by atoms with Crippen molar-refractivity contribution in [1.29, 1.82) is 0 Å². The Morgan fingerprint density at radius 1 is 1.00 bits per heavy atom. The fraction of sp³-hybridized carbons (Fsp3) is 0.368. The van der Waals surface area contributed by atoms with Gasteiger partial charge in [-0.1, -0.05) is 42.3 Å². The number of hydrogen-bond donors (Lipinski definition) is 1. The van der Waals surface area contributed by atoms with Gasteiger partial charge in [0, 0.05) is 16.1 Å². The molecule has 1 N–H and O–H groups in total. The smallest absolute Gasteiger partial charge is 0.126 e. The lowest BCUT2D eigenvalue weighted by atomic mass is 9.88. The van der Waals surface area contributed by atoms with Gasteiger partial charge in [0.05, 0.1) is 20.3 Å². The number of aliphatic hydroxyl groups excluding tert-OH is 1. The number of rotatable bonds is 7. The first kappa shape index (κ1) is 18.9. The van der Waals surface area contributed by atoms with Crippen LogP contribution in [0.5, 0.6) is 11.5 Å². The van der Waals surface area contributed by atoms with E-state index in [1.165, 1.54) is 0 Å². The monoisotopic (exact) mass is 368 g/mol. The predicted molar refractivity (Wildman–Crippen MR) is 98.6 cm³/mol. The maximum Gasteiger partial charge on any atom is 0.126 e. The van der Waals surface area contributed by atoms with Gasteiger partial charge in [-0.25, -0.2) is 0 Å². The highest BCUT2D eigenvalue weighted by Crippen LogP contribution is 2.39. The van der Waals surface area contributed by atoms with E-state index in [0.717, 1.165) is 23.5 Å². The molecule has 0 aliphatic carbocycles. The number of methoxy groups -OCH3 is 2. The summed E-state index contributed by atoms with van der Waals surface area (Å²) in [6.07, 6.45) is 0.734. The van der Waals surface area contributed by atoms with Crippen LogP contribution in [-0.4, -0.2) is 19.3 Å². The summed E-state index contributed by atoms with van der Waals surface area (Å²) in [6.45, 7) is 2.09. The van der Waals surface area contributed by atoms with E-state index in [-0.39, 0.29) is 5.92 Å². The average molecular weight is 369 g/mol. The second kappa shape index (κ2) is 8.61. The molecule has 130 valence electrons. The second-order valence-electron chi connectivity index (χ2n) is 5.63. The molecule has 2 aromatic rings. The zero-order valence-electron chi connectivity index (χ0n) is 14.1. The minimum Gasteiger partial charge on any atom is -0.497 e. The van der Waals surface area contributed by atoms with Gasteiger partial charge in [0.1, 0.15) is 11.5 Å². The van der Waals surface area contributed by atoms with Crippen molar-refractivity contribution in [1.82, 2.24) is 0 Å². The van der Waals surface area contributed by atoms with Crippen molar-refractivity contribution in [2.75, 3.05) is 14.2 Å². The van der Waals surface area contributed by atoms with Crippen LogP contribution in [0, 0.1) is 0 Å². The Bertz CT molecular complexity index is 688. The fourth-order valence-corrected chi connectivity index (χ4v) is 3.37. The quantitative estimate of drug-likeness (QED) is 0.688. The molecule has 0 amide bonds. The SMILES string of the molecule is CCC(CC(O)c1ccc(Cl)cc1Cl)c1ccc(OC)cc1OC. The number of benzene rings is 2. The van der Waals surface area contributed by atoms with Crippen molar-refractivity contribution in [2.45, 2.75) is 31.8 Å². The summed E-state index contributed by atoms with van der Waals surface area (Å²) in [5.41, 5.74) is 1.73. The Kier molecular flexibility index (Phi) is 6.79. The van der Waals surface area contributed by atoms with E-state index in [9.17, 15) is 5.11 Å². The Morgan fingerprint density at radius 3 is 2.29 bits per heavy atom. The summed E-state index contributed by atoms with van der Waals surface area (Å²) < 4.78 is 10.7. The van der Waals surface area contributed by atoms with E-state index < -0.39 is 6.10 Å². The summed E-state index contributed by atoms with van der Waals surface area (Å²) in [5.74, 6) is 1.63. The van der Waals surface area contributed by atoms with Crippen LogP contribution < -0.4 is 9.47 Å². The zero-order chi connectivity index (χ0) is 17.7. The molecule has 0 saturated carbocycles. The first-order valence-electron chi connectivity index (χ1n) is 7.85. The third-order valence-corrected chi connectivity index (χ3v) is 4.76. The standard InChI is InChI=1S/C19H22Cl2O3/c1-4-12(15-8-6-14(23-2)11-19(15)24-3)9-18(22)16-7-5-13(20)10-17(16)21/h5-8,10-12,18,22H,4,9H2,1-3H3. The maximum atomic E-state index is 10.6. The van der Waals surface area contributed by atoms with E-state index in [4.69, 9.17) is 32.7 Å². The van der Waals surface area contributed by atoms with Crippen LogP contribution in [0.1, 0.15) is 42.9 Å². The molecule has 0 saturated heterocycles. The lowest BCUT2D eigenvalue weighted by molar-refractivity contribution is 0.156. The van der Waals surface area contributed by atoms with Crippen molar-refractivity contribution in [3.63, 3.8) is 0 Å². The van der Waals surface area contributed by atoms with Crippen molar-refractivity contribution < 1.29 is 14.6 Å². The molecule has 0 bridgehead atoms. The molecule has 5 heteroatoms. The molecule has 0 spiro atoms. The van der Waals surface area contributed by atoms with Crippen LogP contribution in [-0.2, 0) is 0 Å². The van der Waals surface area contributed by atoms with Gasteiger partial charge in [0.2, 0.25) is 0 Å². The Morgan fingerprint density at radius 2 is 1.71 bits per heavy atom. The normalized spacial score (nSPS) is 13.4. The molecule has 0 fully saturated rings. The van der Waals surface area contributed by atoms with Crippen LogP contribution in [0.2, 0.25) is 10.0 Å². The molecule has 24 heavy (non-hydrogen) atoms. The van der Waals surface area contributed by atoms with Gasteiger partial charge in [0.15, 0.2) is 0 Å². The number of hydrogen-bond acceptors (Lipinski definition) is 3.